The Balaban J connectivity index is 2.74. The van der Waals surface area contributed by atoms with Crippen molar-refractivity contribution >= 4 is 11.7 Å². The van der Waals surface area contributed by atoms with Gasteiger partial charge in [-0.15, -0.1) is 0 Å². The number of carbonyl (C=O) groups excluding carboxylic acids is 1. The summed E-state index contributed by atoms with van der Waals surface area (Å²) >= 11 is 0. The largest absolute Gasteiger partial charge is 0.370 e. The Morgan fingerprint density at radius 1 is 1.35 bits per heavy atom. The highest BCUT2D eigenvalue weighted by Crippen LogP contribution is 2.08. The molecule has 0 aromatic carbocycles. The van der Waals surface area contributed by atoms with E-state index in [0.717, 1.165) is 31.9 Å². The van der Waals surface area contributed by atoms with Gasteiger partial charge < -0.3 is 10.2 Å². The molecule has 1 aromatic heterocycles. The fourth-order valence-corrected chi connectivity index (χ4v) is 1.66. The minimum Gasteiger partial charge on any atom is -0.370 e. The smallest absolute Gasteiger partial charge is 0.255 e. The summed E-state index contributed by atoms with van der Waals surface area (Å²) < 4.78 is 0. The fraction of sp³-hybridized carbons (Fsp3) is 0.538. The molecule has 0 saturated carbocycles. The lowest BCUT2D eigenvalue weighted by molar-refractivity contribution is 0.0764. The Labute approximate surface area is 103 Å². The van der Waals surface area contributed by atoms with Crippen molar-refractivity contribution in [2.24, 2.45) is 0 Å². The molecule has 0 spiro atoms. The van der Waals surface area contributed by atoms with Crippen molar-refractivity contribution in [3.05, 3.63) is 23.9 Å². The van der Waals surface area contributed by atoms with Crippen molar-refractivity contribution < 1.29 is 4.79 Å². The van der Waals surface area contributed by atoms with E-state index < -0.39 is 0 Å². The van der Waals surface area contributed by atoms with E-state index in [-0.39, 0.29) is 5.91 Å². The number of hydrogen-bond acceptors (Lipinski definition) is 3. The third-order valence-electron chi connectivity index (χ3n) is 2.53. The van der Waals surface area contributed by atoms with Gasteiger partial charge >= 0.3 is 0 Å². The second kappa shape index (κ2) is 6.89. The highest BCUT2D eigenvalue weighted by atomic mass is 16.2. The number of amides is 1. The molecule has 0 atom stereocenters. The molecule has 4 heteroatoms. The maximum Gasteiger partial charge on any atom is 0.255 e. The molecule has 1 amide bonds. The van der Waals surface area contributed by atoms with E-state index in [1.807, 2.05) is 30.9 Å². The summed E-state index contributed by atoms with van der Waals surface area (Å²) in [6.07, 6.45) is 2.61. The summed E-state index contributed by atoms with van der Waals surface area (Å²) in [5.41, 5.74) is 0.655. The first-order chi connectivity index (χ1) is 8.22. The number of hydrogen-bond donors (Lipinski definition) is 1. The number of aromatic nitrogens is 1. The molecule has 1 rings (SSSR count). The van der Waals surface area contributed by atoms with Crippen LogP contribution in [-0.2, 0) is 0 Å². The highest BCUT2D eigenvalue weighted by Gasteiger charge is 2.13. The van der Waals surface area contributed by atoms with Crippen molar-refractivity contribution in [2.45, 2.75) is 27.2 Å². The topological polar surface area (TPSA) is 45.2 Å². The molecule has 4 nitrogen and oxygen atoms in total. The van der Waals surface area contributed by atoms with Gasteiger partial charge in [0.15, 0.2) is 0 Å². The molecule has 0 fully saturated rings. The Hall–Kier alpha value is -1.58. The lowest BCUT2D eigenvalue weighted by Gasteiger charge is -2.19. The van der Waals surface area contributed by atoms with Crippen LogP contribution < -0.4 is 5.32 Å². The van der Waals surface area contributed by atoms with Crippen LogP contribution in [0.5, 0.6) is 0 Å². The van der Waals surface area contributed by atoms with Gasteiger partial charge in [0.1, 0.15) is 5.82 Å². The highest BCUT2D eigenvalue weighted by molar-refractivity contribution is 5.94. The standard InChI is InChI=1S/C13H21N3O/c1-4-9-16(6-3)13(17)11-7-8-12(14-5-2)15-10-11/h7-8,10H,4-6,9H2,1-3H3,(H,14,15). The maximum atomic E-state index is 12.1. The van der Waals surface area contributed by atoms with Crippen LogP contribution in [0.1, 0.15) is 37.6 Å². The Morgan fingerprint density at radius 2 is 2.12 bits per heavy atom. The molecular weight excluding hydrogens is 214 g/mol. The molecule has 17 heavy (non-hydrogen) atoms. The van der Waals surface area contributed by atoms with Gasteiger partial charge in [0.25, 0.3) is 5.91 Å². The van der Waals surface area contributed by atoms with Crippen LogP contribution in [0.15, 0.2) is 18.3 Å². The first-order valence-electron chi connectivity index (χ1n) is 6.22. The monoisotopic (exact) mass is 235 g/mol. The molecule has 0 bridgehead atoms. The number of carbonyl (C=O) groups is 1. The molecular formula is C13H21N3O. The van der Waals surface area contributed by atoms with Crippen molar-refractivity contribution in [2.75, 3.05) is 25.0 Å². The van der Waals surface area contributed by atoms with Crippen LogP contribution in [0.3, 0.4) is 0 Å². The van der Waals surface area contributed by atoms with Gasteiger partial charge in [-0.05, 0) is 32.4 Å². The summed E-state index contributed by atoms with van der Waals surface area (Å²) in [5, 5.41) is 3.11. The van der Waals surface area contributed by atoms with Gasteiger partial charge in [0.2, 0.25) is 0 Å². The second-order valence-corrected chi connectivity index (χ2v) is 3.85. The normalized spacial score (nSPS) is 10.1. The van der Waals surface area contributed by atoms with Crippen molar-refractivity contribution in [1.29, 1.82) is 0 Å². The predicted octanol–water partition coefficient (Wildman–Crippen LogP) is 2.39. The van der Waals surface area contributed by atoms with Crippen LogP contribution in [0.25, 0.3) is 0 Å². The predicted molar refractivity (Wildman–Crippen MR) is 70.3 cm³/mol. The van der Waals surface area contributed by atoms with E-state index in [2.05, 4.69) is 17.2 Å². The molecule has 0 aliphatic carbocycles. The first kappa shape index (κ1) is 13.5. The van der Waals surface area contributed by atoms with Gasteiger partial charge in [0, 0.05) is 25.8 Å². The lowest BCUT2D eigenvalue weighted by Crippen LogP contribution is -2.31. The van der Waals surface area contributed by atoms with Crippen molar-refractivity contribution in [1.82, 2.24) is 9.88 Å². The first-order valence-corrected chi connectivity index (χ1v) is 6.22. The maximum absolute atomic E-state index is 12.1. The van der Waals surface area contributed by atoms with Gasteiger partial charge in [-0.2, -0.15) is 0 Å². The third kappa shape index (κ3) is 3.73. The Bertz CT molecular complexity index is 348. The van der Waals surface area contributed by atoms with Gasteiger partial charge in [-0.3, -0.25) is 4.79 Å². The summed E-state index contributed by atoms with van der Waals surface area (Å²) in [6, 6.07) is 3.67. The van der Waals surface area contributed by atoms with Crippen molar-refractivity contribution in [3.63, 3.8) is 0 Å². The average molecular weight is 235 g/mol. The summed E-state index contributed by atoms with van der Waals surface area (Å²) in [5.74, 6) is 0.868. The number of pyridine rings is 1. The summed E-state index contributed by atoms with van der Waals surface area (Å²) in [7, 11) is 0. The number of rotatable bonds is 6. The zero-order chi connectivity index (χ0) is 12.7. The summed E-state index contributed by atoms with van der Waals surface area (Å²) in [4.78, 5) is 18.1. The van der Waals surface area contributed by atoms with E-state index in [4.69, 9.17) is 0 Å². The van der Waals surface area contributed by atoms with Crippen LogP contribution in [0.4, 0.5) is 5.82 Å². The molecule has 1 aromatic rings. The van der Waals surface area contributed by atoms with E-state index in [9.17, 15) is 4.79 Å². The Morgan fingerprint density at radius 3 is 2.59 bits per heavy atom. The number of anilines is 1. The van der Waals surface area contributed by atoms with E-state index in [1.54, 1.807) is 6.20 Å². The van der Waals surface area contributed by atoms with E-state index >= 15 is 0 Å². The summed E-state index contributed by atoms with van der Waals surface area (Å²) in [6.45, 7) is 8.44. The molecule has 0 aliphatic rings. The van der Waals surface area contributed by atoms with Gasteiger partial charge in [0.05, 0.1) is 5.56 Å². The Kier molecular flexibility index (Phi) is 5.46. The fourth-order valence-electron chi connectivity index (χ4n) is 1.66. The lowest BCUT2D eigenvalue weighted by atomic mass is 10.2. The quantitative estimate of drug-likeness (QED) is 0.823. The minimum absolute atomic E-state index is 0.0601. The molecule has 0 aliphatic heterocycles. The third-order valence-corrected chi connectivity index (χ3v) is 2.53. The van der Waals surface area contributed by atoms with Crippen LogP contribution in [0, 0.1) is 0 Å². The zero-order valence-electron chi connectivity index (χ0n) is 10.9. The average Bonchev–Trinajstić information content (AvgIpc) is 2.36. The zero-order valence-corrected chi connectivity index (χ0v) is 10.9. The molecule has 0 unspecified atom stereocenters. The number of nitrogens with zero attached hydrogens (tertiary/aromatic N) is 2. The van der Waals surface area contributed by atoms with Crippen LogP contribution >= 0.6 is 0 Å². The minimum atomic E-state index is 0.0601. The molecule has 1 N–H and O–H groups in total. The van der Waals surface area contributed by atoms with E-state index in [1.165, 1.54) is 0 Å². The van der Waals surface area contributed by atoms with Crippen molar-refractivity contribution in [3.8, 4) is 0 Å². The molecule has 94 valence electrons. The van der Waals surface area contributed by atoms with Gasteiger partial charge in [-0.1, -0.05) is 6.92 Å². The molecule has 0 saturated heterocycles. The molecule has 0 radical (unpaired) electrons. The van der Waals surface area contributed by atoms with Crippen LogP contribution in [-0.4, -0.2) is 35.4 Å². The molecule has 1 heterocycles. The second-order valence-electron chi connectivity index (χ2n) is 3.85. The van der Waals surface area contributed by atoms with Crippen LogP contribution in [0.2, 0.25) is 0 Å². The SMILES string of the molecule is CCCN(CC)C(=O)c1ccc(NCC)nc1. The van der Waals surface area contributed by atoms with Gasteiger partial charge in [-0.25, -0.2) is 4.98 Å². The number of nitrogens with one attached hydrogen (secondary N) is 1. The van der Waals surface area contributed by atoms with E-state index in [0.29, 0.717) is 5.56 Å².